The van der Waals surface area contributed by atoms with Gasteiger partial charge in [0.1, 0.15) is 17.4 Å². The molecule has 1 aliphatic heterocycles. The molecule has 0 spiro atoms. The van der Waals surface area contributed by atoms with E-state index in [-0.39, 0.29) is 6.17 Å². The number of methoxy groups -OCH3 is 1. The molecule has 1 saturated heterocycles. The molecule has 1 fully saturated rings. The van der Waals surface area contributed by atoms with Gasteiger partial charge in [-0.2, -0.15) is 0 Å². The average molecular weight is 294 g/mol. The zero-order chi connectivity index (χ0) is 15.9. The molecule has 2 aliphatic rings. The highest BCUT2D eigenvalue weighted by molar-refractivity contribution is 5.92. The van der Waals surface area contributed by atoms with E-state index < -0.39 is 5.97 Å². The van der Waals surface area contributed by atoms with Gasteiger partial charge >= 0.3 is 5.97 Å². The summed E-state index contributed by atoms with van der Waals surface area (Å²) in [7, 11) is 3.38. The van der Waals surface area contributed by atoms with Crippen LogP contribution in [0.15, 0.2) is 58.8 Å². The van der Waals surface area contributed by atoms with Gasteiger partial charge in [-0.05, 0) is 43.4 Å². The van der Waals surface area contributed by atoms with E-state index in [0.29, 0.717) is 5.57 Å². The summed E-state index contributed by atoms with van der Waals surface area (Å²) in [6.07, 6.45) is 1.94. The van der Waals surface area contributed by atoms with Crippen LogP contribution in [0.2, 0.25) is 0 Å². The molecule has 1 aromatic carbocycles. The molecule has 22 heavy (non-hydrogen) atoms. The van der Waals surface area contributed by atoms with Gasteiger partial charge in [-0.1, -0.05) is 17.9 Å². The Morgan fingerprint density at radius 2 is 2.09 bits per heavy atom. The molecule has 0 N–H and O–H groups in total. The fourth-order valence-electron chi connectivity index (χ4n) is 2.79. The van der Waals surface area contributed by atoms with Crippen molar-refractivity contribution in [2.24, 2.45) is 0 Å². The topological polar surface area (TPSA) is 32.8 Å². The van der Waals surface area contributed by atoms with Crippen molar-refractivity contribution >= 4 is 11.7 Å². The van der Waals surface area contributed by atoms with E-state index in [1.54, 1.807) is 0 Å². The molecule has 1 unspecified atom stereocenters. The van der Waals surface area contributed by atoms with E-state index in [2.05, 4.69) is 53.3 Å². The maximum absolute atomic E-state index is 11.7. The zero-order valence-corrected chi connectivity index (χ0v) is 13.2. The van der Waals surface area contributed by atoms with Gasteiger partial charge in [0.2, 0.25) is 0 Å². The number of carbonyl (C=O) groups excluding carboxylic acids is 1. The minimum Gasteiger partial charge on any atom is -0.465 e. The lowest BCUT2D eigenvalue weighted by molar-refractivity contribution is -0.135. The summed E-state index contributed by atoms with van der Waals surface area (Å²) >= 11 is 0. The monoisotopic (exact) mass is 294 g/mol. The smallest absolute Gasteiger partial charge is 0.346 e. The van der Waals surface area contributed by atoms with Gasteiger partial charge in [0.15, 0.2) is 0 Å². The van der Waals surface area contributed by atoms with E-state index in [1.165, 1.54) is 12.7 Å². The first-order valence-electron chi connectivity index (χ1n) is 7.18. The number of ether oxygens (including phenoxy) is 1. The number of anilines is 1. The SMILES string of the molecule is COC(=O)C1=C=C=C2C(=C1)N(C)C(C)N2c1cccc(C)c1. The first-order chi connectivity index (χ1) is 10.5. The Bertz CT molecular complexity index is 778. The molecule has 0 bridgehead atoms. The molecule has 4 nitrogen and oxygen atoms in total. The minimum atomic E-state index is -0.394. The highest BCUT2D eigenvalue weighted by Gasteiger charge is 2.36. The second kappa shape index (κ2) is 5.27. The lowest BCUT2D eigenvalue weighted by Crippen LogP contribution is -2.33. The van der Waals surface area contributed by atoms with Crippen molar-refractivity contribution in [2.75, 3.05) is 19.1 Å². The Hall–Kier alpha value is -2.67. The first-order valence-corrected chi connectivity index (χ1v) is 7.18. The molecule has 0 radical (unpaired) electrons. The number of benzene rings is 1. The predicted molar refractivity (Wildman–Crippen MR) is 85.0 cm³/mol. The number of rotatable bonds is 2. The Morgan fingerprint density at radius 1 is 1.32 bits per heavy atom. The fraction of sp³-hybridized carbons (Fsp3) is 0.278. The van der Waals surface area contributed by atoms with E-state index >= 15 is 0 Å². The van der Waals surface area contributed by atoms with Crippen molar-refractivity contribution in [2.45, 2.75) is 20.0 Å². The van der Waals surface area contributed by atoms with E-state index in [4.69, 9.17) is 4.74 Å². The van der Waals surface area contributed by atoms with Crippen LogP contribution in [0.5, 0.6) is 0 Å². The third kappa shape index (κ3) is 2.15. The highest BCUT2D eigenvalue weighted by atomic mass is 16.5. The van der Waals surface area contributed by atoms with Crippen LogP contribution in [0, 0.1) is 6.92 Å². The molecule has 3 rings (SSSR count). The number of fused-ring (bicyclic) bond motifs is 1. The van der Waals surface area contributed by atoms with Crippen LogP contribution in [0.3, 0.4) is 0 Å². The summed E-state index contributed by atoms with van der Waals surface area (Å²) in [6, 6.07) is 8.34. The summed E-state index contributed by atoms with van der Waals surface area (Å²) in [4.78, 5) is 16.0. The predicted octanol–water partition coefficient (Wildman–Crippen LogP) is 2.73. The summed E-state index contributed by atoms with van der Waals surface area (Å²) in [5, 5.41) is 0. The van der Waals surface area contributed by atoms with Crippen molar-refractivity contribution in [3.05, 3.63) is 64.3 Å². The van der Waals surface area contributed by atoms with E-state index in [1.807, 2.05) is 19.2 Å². The Morgan fingerprint density at radius 3 is 2.77 bits per heavy atom. The van der Waals surface area contributed by atoms with E-state index in [0.717, 1.165) is 17.1 Å². The summed E-state index contributed by atoms with van der Waals surface area (Å²) in [5.41, 5.74) is 10.6. The van der Waals surface area contributed by atoms with Gasteiger partial charge in [-0.15, -0.1) is 0 Å². The quantitative estimate of drug-likeness (QED) is 0.620. The van der Waals surface area contributed by atoms with Crippen molar-refractivity contribution < 1.29 is 9.53 Å². The minimum absolute atomic E-state index is 0.134. The lowest BCUT2D eigenvalue weighted by atomic mass is 10.1. The van der Waals surface area contributed by atoms with Crippen LogP contribution in [0.4, 0.5) is 5.69 Å². The lowest BCUT2D eigenvalue weighted by Gasteiger charge is -2.26. The standard InChI is InChI=1S/C18H18N2O2/c1-12-6-5-7-15(10-12)20-13(2)19(3)17-11-14(18(21)22-4)8-9-16(17)20/h5-7,10-11,13H,1-4H3. The van der Waals surface area contributed by atoms with Crippen LogP contribution < -0.4 is 4.90 Å². The van der Waals surface area contributed by atoms with Gasteiger partial charge in [-0.25, -0.2) is 4.79 Å². The normalized spacial score (nSPS) is 19.5. The van der Waals surface area contributed by atoms with Crippen LogP contribution in [0.1, 0.15) is 12.5 Å². The maximum Gasteiger partial charge on any atom is 0.346 e. The number of esters is 1. The molecule has 1 heterocycles. The highest BCUT2D eigenvalue weighted by Crippen LogP contribution is 2.37. The van der Waals surface area contributed by atoms with Gasteiger partial charge in [-0.3, -0.25) is 0 Å². The molecule has 0 saturated carbocycles. The number of hydrogen-bond acceptors (Lipinski definition) is 4. The Labute approximate surface area is 130 Å². The van der Waals surface area contributed by atoms with Crippen LogP contribution in [-0.4, -0.2) is 31.2 Å². The Kier molecular flexibility index (Phi) is 3.42. The summed E-state index contributed by atoms with van der Waals surface area (Å²) in [6.45, 7) is 4.19. The van der Waals surface area contributed by atoms with Gasteiger partial charge in [0, 0.05) is 12.7 Å². The second-order valence-corrected chi connectivity index (χ2v) is 5.49. The molecular weight excluding hydrogens is 276 g/mol. The second-order valence-electron chi connectivity index (χ2n) is 5.49. The number of nitrogens with zero attached hydrogens (tertiary/aromatic N) is 2. The molecule has 1 aliphatic carbocycles. The largest absolute Gasteiger partial charge is 0.465 e. The average Bonchev–Trinajstić information content (AvgIpc) is 2.78. The van der Waals surface area contributed by atoms with Gasteiger partial charge in [0.05, 0.1) is 12.8 Å². The van der Waals surface area contributed by atoms with Gasteiger partial charge < -0.3 is 14.5 Å². The molecule has 1 atom stereocenters. The number of carbonyl (C=O) groups is 1. The molecule has 0 aromatic heterocycles. The summed E-state index contributed by atoms with van der Waals surface area (Å²) < 4.78 is 4.76. The third-order valence-electron chi connectivity index (χ3n) is 4.08. The number of likely N-dealkylation sites (N-methyl/N-ethyl adjacent to an activating group) is 1. The van der Waals surface area contributed by atoms with Crippen LogP contribution in [-0.2, 0) is 9.53 Å². The molecule has 0 amide bonds. The van der Waals surface area contributed by atoms with Crippen molar-refractivity contribution in [3.8, 4) is 0 Å². The Balaban J connectivity index is 2.13. The van der Waals surface area contributed by atoms with Crippen molar-refractivity contribution in [1.29, 1.82) is 0 Å². The number of aryl methyl sites for hydroxylation is 1. The first kappa shape index (κ1) is 14.3. The van der Waals surface area contributed by atoms with E-state index in [9.17, 15) is 4.79 Å². The van der Waals surface area contributed by atoms with Crippen molar-refractivity contribution in [3.63, 3.8) is 0 Å². The molecule has 112 valence electrons. The number of hydrogen-bond donors (Lipinski definition) is 0. The van der Waals surface area contributed by atoms with Crippen molar-refractivity contribution in [1.82, 2.24) is 4.90 Å². The fourth-order valence-corrected chi connectivity index (χ4v) is 2.79. The molecule has 1 aromatic rings. The molecular formula is C18H18N2O2. The van der Waals surface area contributed by atoms with Crippen LogP contribution in [0.25, 0.3) is 0 Å². The zero-order valence-electron chi connectivity index (χ0n) is 13.2. The summed E-state index contributed by atoms with van der Waals surface area (Å²) in [5.74, 6) is -0.394. The maximum atomic E-state index is 11.7. The van der Waals surface area contributed by atoms with Gasteiger partial charge in [0.25, 0.3) is 0 Å². The third-order valence-corrected chi connectivity index (χ3v) is 4.08. The van der Waals surface area contributed by atoms with Crippen LogP contribution >= 0.6 is 0 Å². The molecule has 4 heteroatoms.